The molecule has 0 N–H and O–H groups in total. The molecular weight excluding hydrogens is 569 g/mol. The van der Waals surface area contributed by atoms with E-state index in [1.807, 2.05) is 54.6 Å². The molecule has 218 valence electrons. The molecule has 0 aliphatic carbocycles. The van der Waals surface area contributed by atoms with Crippen molar-refractivity contribution in [3.8, 4) is 33.4 Å². The van der Waals surface area contributed by atoms with E-state index < -0.39 is 24.2 Å². The first-order valence-corrected chi connectivity index (χ1v) is 15.5. The highest BCUT2D eigenvalue weighted by molar-refractivity contribution is 6.26. The molecule has 0 unspecified atom stereocenters. The van der Waals surface area contributed by atoms with Gasteiger partial charge in [-0.1, -0.05) is 145 Å². The third-order valence-electron chi connectivity index (χ3n) is 9.28. The van der Waals surface area contributed by atoms with Gasteiger partial charge < -0.3 is 4.42 Å². The second-order valence-corrected chi connectivity index (χ2v) is 11.8. The molecular formula is C46H28O. The Morgan fingerprint density at radius 3 is 1.77 bits per heavy atom. The first kappa shape index (κ1) is 19.4. The Labute approximate surface area is 283 Å². The quantitative estimate of drug-likeness (QED) is 0.144. The van der Waals surface area contributed by atoms with Crippen LogP contribution in [-0.2, 0) is 0 Å². The Balaban J connectivity index is 1.35. The predicted octanol–water partition coefficient (Wildman–Crippen LogP) is 13.2. The van der Waals surface area contributed by atoms with Crippen LogP contribution in [0.5, 0.6) is 0 Å². The van der Waals surface area contributed by atoms with E-state index >= 15 is 0 Å². The molecule has 0 amide bonds. The molecule has 0 bridgehead atoms. The van der Waals surface area contributed by atoms with Crippen molar-refractivity contribution in [1.29, 1.82) is 0 Å². The van der Waals surface area contributed by atoms with Crippen LogP contribution >= 0.6 is 0 Å². The summed E-state index contributed by atoms with van der Waals surface area (Å²) in [4.78, 5) is 0. The fourth-order valence-electron chi connectivity index (χ4n) is 7.28. The zero-order valence-electron chi connectivity index (χ0n) is 33.0. The van der Waals surface area contributed by atoms with Gasteiger partial charge in [0.25, 0.3) is 0 Å². The van der Waals surface area contributed by atoms with Crippen molar-refractivity contribution in [2.45, 2.75) is 0 Å². The molecule has 10 rings (SSSR count). The molecule has 10 aromatic rings. The zero-order valence-corrected chi connectivity index (χ0v) is 25.0. The molecule has 0 radical (unpaired) electrons. The monoisotopic (exact) mass is 604 g/mol. The van der Waals surface area contributed by atoms with Gasteiger partial charge in [-0.3, -0.25) is 0 Å². The number of hydrogen-bond acceptors (Lipinski definition) is 1. The molecule has 47 heavy (non-hydrogen) atoms. The first-order chi connectivity index (χ1) is 26.7. The lowest BCUT2D eigenvalue weighted by Crippen LogP contribution is -1.91. The summed E-state index contributed by atoms with van der Waals surface area (Å²) in [7, 11) is 0. The van der Waals surface area contributed by atoms with Crippen molar-refractivity contribution in [2.75, 3.05) is 0 Å². The lowest BCUT2D eigenvalue weighted by atomic mass is 9.85. The Morgan fingerprint density at radius 1 is 0.383 bits per heavy atom. The van der Waals surface area contributed by atoms with Crippen molar-refractivity contribution < 1.29 is 15.4 Å². The van der Waals surface area contributed by atoms with Gasteiger partial charge in [0.2, 0.25) is 0 Å². The summed E-state index contributed by atoms with van der Waals surface area (Å²) in [6, 6.07) is 36.5. The van der Waals surface area contributed by atoms with Crippen LogP contribution < -0.4 is 0 Å². The smallest absolute Gasteiger partial charge is 0.136 e. The highest BCUT2D eigenvalue weighted by Crippen LogP contribution is 2.47. The van der Waals surface area contributed by atoms with E-state index in [9.17, 15) is 5.48 Å². The Morgan fingerprint density at radius 2 is 1.02 bits per heavy atom. The summed E-state index contributed by atoms with van der Waals surface area (Å²) in [6.45, 7) is 0. The normalized spacial score (nSPS) is 14.2. The van der Waals surface area contributed by atoms with Crippen molar-refractivity contribution >= 4 is 65.0 Å². The summed E-state index contributed by atoms with van der Waals surface area (Å²) in [5.74, 6) is 0. The van der Waals surface area contributed by atoms with Gasteiger partial charge in [-0.2, -0.15) is 0 Å². The standard InChI is InChI=1S/C46H28O/c1-2-13-29(14-3-1)44-35-19-8-10-21-37(35)45(38-22-11-9-20-36(38)44)40-23-12-24-42-46(40)39-26-25-31(28-43(39)47-42)41-27-30-15-4-5-16-32(30)33-17-6-7-18-34(33)41/h1-28H/i8D,9D,10D,11D,19D,20D,21D,22D. The van der Waals surface area contributed by atoms with Crippen LogP contribution in [0.15, 0.2) is 174 Å². The lowest BCUT2D eigenvalue weighted by molar-refractivity contribution is 0.669. The fraction of sp³-hybridized carbons (Fsp3) is 0. The van der Waals surface area contributed by atoms with E-state index in [0.717, 1.165) is 32.7 Å². The first-order valence-electron chi connectivity index (χ1n) is 19.5. The van der Waals surface area contributed by atoms with Gasteiger partial charge in [-0.05, 0) is 101 Å². The van der Waals surface area contributed by atoms with E-state index in [2.05, 4.69) is 36.4 Å². The summed E-state index contributed by atoms with van der Waals surface area (Å²) in [5, 5.41) is 6.68. The maximum atomic E-state index is 9.34. The third kappa shape index (κ3) is 3.90. The molecule has 0 atom stereocenters. The van der Waals surface area contributed by atoms with E-state index in [-0.39, 0.29) is 45.7 Å². The van der Waals surface area contributed by atoms with Crippen LogP contribution in [-0.4, -0.2) is 0 Å². The van der Waals surface area contributed by atoms with Crippen LogP contribution in [0.1, 0.15) is 11.0 Å². The molecule has 0 fully saturated rings. The Kier molecular flexibility index (Phi) is 4.19. The number of hydrogen-bond donors (Lipinski definition) is 0. The molecule has 0 saturated heterocycles. The summed E-state index contributed by atoms with van der Waals surface area (Å²) in [6.07, 6.45) is 0. The molecule has 1 aromatic heterocycles. The minimum atomic E-state index is -0.436. The van der Waals surface area contributed by atoms with Gasteiger partial charge in [0.1, 0.15) is 11.2 Å². The lowest BCUT2D eigenvalue weighted by Gasteiger charge is -2.18. The van der Waals surface area contributed by atoms with E-state index in [1.54, 1.807) is 30.3 Å². The average molecular weight is 605 g/mol. The second kappa shape index (κ2) is 10.2. The maximum absolute atomic E-state index is 9.34. The number of fused-ring (bicyclic) bond motifs is 8. The molecule has 0 aliphatic rings. The molecule has 0 aliphatic heterocycles. The highest BCUT2D eigenvalue weighted by atomic mass is 16.3. The van der Waals surface area contributed by atoms with Crippen LogP contribution in [0, 0.1) is 0 Å². The van der Waals surface area contributed by atoms with Gasteiger partial charge in [-0.25, -0.2) is 0 Å². The zero-order chi connectivity index (χ0) is 37.9. The minimum absolute atomic E-state index is 0.170. The molecule has 9 aromatic carbocycles. The molecule has 1 heterocycles. The van der Waals surface area contributed by atoms with E-state index in [4.69, 9.17) is 9.90 Å². The van der Waals surface area contributed by atoms with Crippen molar-refractivity contribution in [1.82, 2.24) is 0 Å². The topological polar surface area (TPSA) is 13.1 Å². The number of furan rings is 1. The maximum Gasteiger partial charge on any atom is 0.136 e. The van der Waals surface area contributed by atoms with Gasteiger partial charge in [-0.15, -0.1) is 0 Å². The highest BCUT2D eigenvalue weighted by Gasteiger charge is 2.20. The molecule has 1 nitrogen and oxygen atoms in total. The second-order valence-electron chi connectivity index (χ2n) is 11.8. The average Bonchev–Trinajstić information content (AvgIpc) is 3.60. The third-order valence-corrected chi connectivity index (χ3v) is 9.28. The Hall–Kier alpha value is -6.18. The number of rotatable bonds is 3. The van der Waals surface area contributed by atoms with Crippen LogP contribution in [0.25, 0.3) is 98.4 Å². The molecule has 1 heteroatoms. The van der Waals surface area contributed by atoms with Crippen LogP contribution in [0.2, 0.25) is 0 Å². The number of benzene rings is 9. The van der Waals surface area contributed by atoms with Crippen molar-refractivity contribution in [2.24, 2.45) is 0 Å². The molecule has 0 saturated carbocycles. The van der Waals surface area contributed by atoms with Gasteiger partial charge >= 0.3 is 0 Å². The molecule has 0 spiro atoms. The minimum Gasteiger partial charge on any atom is -0.456 e. The Bertz CT molecular complexity index is 3220. The summed E-state index contributed by atoms with van der Waals surface area (Å²) in [5.41, 5.74) is 4.87. The van der Waals surface area contributed by atoms with E-state index in [1.165, 1.54) is 5.39 Å². The summed E-state index contributed by atoms with van der Waals surface area (Å²) < 4.78 is 78.8. The van der Waals surface area contributed by atoms with Gasteiger partial charge in [0.05, 0.1) is 11.0 Å². The van der Waals surface area contributed by atoms with Gasteiger partial charge in [0, 0.05) is 10.8 Å². The van der Waals surface area contributed by atoms with Gasteiger partial charge in [0.15, 0.2) is 0 Å². The van der Waals surface area contributed by atoms with Crippen molar-refractivity contribution in [3.63, 3.8) is 0 Å². The van der Waals surface area contributed by atoms with Crippen LogP contribution in [0.3, 0.4) is 0 Å². The van der Waals surface area contributed by atoms with Crippen LogP contribution in [0.4, 0.5) is 0 Å². The fourth-order valence-corrected chi connectivity index (χ4v) is 7.28. The SMILES string of the molecule is [2H]c1c([2H])c([2H])c2c(-c3cccc4oc5cc(-c6cc7ccccc7c7ccccc67)ccc5c34)c3c([2H])c([2H])c([2H])c([2H])c3c(-c3ccccc3)c2c1[2H]. The largest absolute Gasteiger partial charge is 0.456 e. The van der Waals surface area contributed by atoms with Crippen molar-refractivity contribution in [3.05, 3.63) is 170 Å². The van der Waals surface area contributed by atoms with E-state index in [0.29, 0.717) is 38.8 Å². The predicted molar refractivity (Wildman–Crippen MR) is 200 cm³/mol. The summed E-state index contributed by atoms with van der Waals surface area (Å²) >= 11 is 0.